The Kier molecular flexibility index (Phi) is 4.15. The van der Waals surface area contributed by atoms with E-state index in [1.165, 1.54) is 6.07 Å². The van der Waals surface area contributed by atoms with Gasteiger partial charge >= 0.3 is 0 Å². The second-order valence-electron chi connectivity index (χ2n) is 4.97. The number of ether oxygens (including phenoxy) is 2. The molecule has 0 bridgehead atoms. The lowest BCUT2D eigenvalue weighted by Crippen LogP contribution is -2.14. The Hall–Kier alpha value is -2.28. The maximum atomic E-state index is 11.2. The van der Waals surface area contributed by atoms with Gasteiger partial charge in [-0.2, -0.15) is 0 Å². The van der Waals surface area contributed by atoms with Gasteiger partial charge in [-0.15, -0.1) is 0 Å². The second-order valence-corrected chi connectivity index (χ2v) is 4.97. The van der Waals surface area contributed by atoms with Crippen LogP contribution in [0.5, 0.6) is 0 Å². The molecule has 2 aromatic rings. The number of hydrogen-bond donors (Lipinski definition) is 1. The number of rotatable bonds is 4. The number of hydrogen-bond acceptors (Lipinski definition) is 5. The summed E-state index contributed by atoms with van der Waals surface area (Å²) in [5, 5.41) is 20.4. The molecule has 0 amide bonds. The number of para-hydroxylation sites is 1. The van der Waals surface area contributed by atoms with E-state index < -0.39 is 11.2 Å². The molecule has 6 heteroatoms. The third kappa shape index (κ3) is 2.71. The van der Waals surface area contributed by atoms with Crippen LogP contribution < -0.4 is 0 Å². The van der Waals surface area contributed by atoms with Crippen LogP contribution in [0.2, 0.25) is 0 Å². The SMILES string of the molecule is O=[N+]([O-])c1ccccc1-c1ccccc1C1OC[C@H](CO)O1. The number of aliphatic hydroxyl groups excluding tert-OH is 1. The lowest BCUT2D eigenvalue weighted by atomic mass is 9.98. The summed E-state index contributed by atoms with van der Waals surface area (Å²) in [6.07, 6.45) is -1.00. The minimum atomic E-state index is -0.631. The molecule has 1 aliphatic rings. The molecular formula is C16H15NO5. The first-order valence-electron chi connectivity index (χ1n) is 6.91. The normalized spacial score (nSPS) is 21.0. The molecular weight excluding hydrogens is 286 g/mol. The smallest absolute Gasteiger partial charge is 0.277 e. The van der Waals surface area contributed by atoms with Crippen LogP contribution in [-0.4, -0.2) is 29.3 Å². The molecule has 1 N–H and O–H groups in total. The van der Waals surface area contributed by atoms with Crippen LogP contribution in [0.1, 0.15) is 11.9 Å². The Morgan fingerprint density at radius 1 is 1.14 bits per heavy atom. The molecule has 1 aliphatic heterocycles. The molecule has 114 valence electrons. The zero-order chi connectivity index (χ0) is 15.5. The molecule has 0 aromatic heterocycles. The molecule has 3 rings (SSSR count). The highest BCUT2D eigenvalue weighted by molar-refractivity contribution is 5.76. The minimum Gasteiger partial charge on any atom is -0.394 e. The monoisotopic (exact) mass is 301 g/mol. The molecule has 0 spiro atoms. The molecule has 6 nitrogen and oxygen atoms in total. The molecule has 2 aromatic carbocycles. The number of nitro benzene ring substituents is 1. The fourth-order valence-corrected chi connectivity index (χ4v) is 2.52. The van der Waals surface area contributed by atoms with Crippen LogP contribution in [0.25, 0.3) is 11.1 Å². The van der Waals surface area contributed by atoms with Gasteiger partial charge in [-0.1, -0.05) is 36.4 Å². The Balaban J connectivity index is 2.04. The quantitative estimate of drug-likeness (QED) is 0.693. The van der Waals surface area contributed by atoms with Gasteiger partial charge in [0.25, 0.3) is 5.69 Å². The van der Waals surface area contributed by atoms with E-state index >= 15 is 0 Å². The number of aliphatic hydroxyl groups is 1. The standard InChI is InChI=1S/C16H15NO5/c18-9-11-10-21-16(22-11)14-7-2-1-5-12(14)13-6-3-4-8-15(13)17(19)20/h1-8,11,16,18H,9-10H2/t11-,16?/m0/s1. The highest BCUT2D eigenvalue weighted by Gasteiger charge is 2.29. The third-order valence-corrected chi connectivity index (χ3v) is 3.56. The topological polar surface area (TPSA) is 81.8 Å². The van der Waals surface area contributed by atoms with Crippen LogP contribution in [0.3, 0.4) is 0 Å². The average Bonchev–Trinajstić information content (AvgIpc) is 3.04. The first kappa shape index (κ1) is 14.6. The summed E-state index contributed by atoms with van der Waals surface area (Å²) < 4.78 is 11.2. The van der Waals surface area contributed by atoms with Crippen molar-refractivity contribution >= 4 is 5.69 Å². The molecule has 0 aliphatic carbocycles. The fourth-order valence-electron chi connectivity index (χ4n) is 2.52. The van der Waals surface area contributed by atoms with Crippen molar-refractivity contribution in [3.8, 4) is 11.1 Å². The summed E-state index contributed by atoms with van der Waals surface area (Å²) in [6.45, 7) is 0.177. The Labute approximate surface area is 127 Å². The van der Waals surface area contributed by atoms with Crippen molar-refractivity contribution in [1.82, 2.24) is 0 Å². The minimum absolute atomic E-state index is 0.0339. The highest BCUT2D eigenvalue weighted by atomic mass is 16.7. The van der Waals surface area contributed by atoms with Crippen LogP contribution in [-0.2, 0) is 9.47 Å². The van der Waals surface area contributed by atoms with Gasteiger partial charge < -0.3 is 14.6 Å². The van der Waals surface area contributed by atoms with E-state index in [4.69, 9.17) is 14.6 Å². The van der Waals surface area contributed by atoms with Crippen molar-refractivity contribution in [2.24, 2.45) is 0 Å². The van der Waals surface area contributed by atoms with Gasteiger partial charge in [0, 0.05) is 11.6 Å². The second kappa shape index (κ2) is 6.23. The Morgan fingerprint density at radius 2 is 1.82 bits per heavy atom. The lowest BCUT2D eigenvalue weighted by molar-refractivity contribution is -0.384. The van der Waals surface area contributed by atoms with Gasteiger partial charge in [-0.3, -0.25) is 10.1 Å². The molecule has 1 fully saturated rings. The van der Waals surface area contributed by atoms with Gasteiger partial charge in [0.15, 0.2) is 6.29 Å². The summed E-state index contributed by atoms with van der Waals surface area (Å²) in [5.41, 5.74) is 1.96. The molecule has 1 saturated heterocycles. The van der Waals surface area contributed by atoms with Crippen LogP contribution in [0.4, 0.5) is 5.69 Å². The zero-order valence-electron chi connectivity index (χ0n) is 11.7. The Morgan fingerprint density at radius 3 is 2.50 bits per heavy atom. The summed E-state index contributed by atoms with van der Waals surface area (Å²) in [4.78, 5) is 10.8. The van der Waals surface area contributed by atoms with Gasteiger partial charge in [-0.05, 0) is 11.6 Å². The van der Waals surface area contributed by atoms with Crippen molar-refractivity contribution in [2.45, 2.75) is 12.4 Å². The van der Waals surface area contributed by atoms with Crippen LogP contribution in [0.15, 0.2) is 48.5 Å². The van der Waals surface area contributed by atoms with Crippen LogP contribution in [0, 0.1) is 10.1 Å². The molecule has 0 saturated carbocycles. The van der Waals surface area contributed by atoms with Crippen molar-refractivity contribution in [3.63, 3.8) is 0 Å². The van der Waals surface area contributed by atoms with E-state index in [-0.39, 0.29) is 18.4 Å². The Bertz CT molecular complexity index is 688. The fraction of sp³-hybridized carbons (Fsp3) is 0.250. The number of nitro groups is 1. The van der Waals surface area contributed by atoms with E-state index in [1.807, 2.05) is 18.2 Å². The summed E-state index contributed by atoms with van der Waals surface area (Å²) in [6, 6.07) is 13.8. The van der Waals surface area contributed by atoms with E-state index in [9.17, 15) is 10.1 Å². The first-order valence-corrected chi connectivity index (χ1v) is 6.91. The van der Waals surface area contributed by atoms with Crippen LogP contribution >= 0.6 is 0 Å². The van der Waals surface area contributed by atoms with E-state index in [1.54, 1.807) is 24.3 Å². The van der Waals surface area contributed by atoms with Gasteiger partial charge in [0.2, 0.25) is 0 Å². The van der Waals surface area contributed by atoms with Crippen molar-refractivity contribution in [2.75, 3.05) is 13.2 Å². The van der Waals surface area contributed by atoms with Gasteiger partial charge in [0.05, 0.1) is 23.7 Å². The van der Waals surface area contributed by atoms with Crippen molar-refractivity contribution in [1.29, 1.82) is 0 Å². The molecule has 0 radical (unpaired) electrons. The molecule has 1 unspecified atom stereocenters. The predicted octanol–water partition coefficient (Wildman–Crippen LogP) is 2.67. The predicted molar refractivity (Wildman–Crippen MR) is 79.2 cm³/mol. The zero-order valence-corrected chi connectivity index (χ0v) is 11.7. The number of nitrogens with zero attached hydrogens (tertiary/aromatic N) is 1. The summed E-state index contributed by atoms with van der Waals surface area (Å²) in [7, 11) is 0. The first-order chi connectivity index (χ1) is 10.7. The molecule has 22 heavy (non-hydrogen) atoms. The van der Waals surface area contributed by atoms with Crippen molar-refractivity contribution < 1.29 is 19.5 Å². The lowest BCUT2D eigenvalue weighted by Gasteiger charge is -2.15. The largest absolute Gasteiger partial charge is 0.394 e. The van der Waals surface area contributed by atoms with Gasteiger partial charge in [-0.25, -0.2) is 0 Å². The maximum Gasteiger partial charge on any atom is 0.277 e. The highest BCUT2D eigenvalue weighted by Crippen LogP contribution is 2.37. The van der Waals surface area contributed by atoms with E-state index in [0.717, 1.165) is 0 Å². The van der Waals surface area contributed by atoms with Gasteiger partial charge in [0.1, 0.15) is 6.10 Å². The summed E-state index contributed by atoms with van der Waals surface area (Å²) >= 11 is 0. The van der Waals surface area contributed by atoms with E-state index in [0.29, 0.717) is 23.3 Å². The molecule has 1 heterocycles. The van der Waals surface area contributed by atoms with Crippen molar-refractivity contribution in [3.05, 3.63) is 64.2 Å². The van der Waals surface area contributed by atoms with E-state index in [2.05, 4.69) is 0 Å². The average molecular weight is 301 g/mol. The number of benzene rings is 2. The third-order valence-electron chi connectivity index (χ3n) is 3.56. The summed E-state index contributed by atoms with van der Waals surface area (Å²) in [5.74, 6) is 0. The maximum absolute atomic E-state index is 11.2. The molecule has 2 atom stereocenters.